The number of hydrogen-bond donors (Lipinski definition) is 1. The van der Waals surface area contributed by atoms with Crippen LogP contribution in [0, 0.1) is 0 Å². The predicted molar refractivity (Wildman–Crippen MR) is 79.6 cm³/mol. The van der Waals surface area contributed by atoms with Crippen molar-refractivity contribution in [1.29, 1.82) is 0 Å². The SMILES string of the molecule is CCCNC1CCCc2cn(Cc3cscn3)cc21. The van der Waals surface area contributed by atoms with E-state index in [1.807, 2.05) is 5.51 Å². The second-order valence-electron chi connectivity index (χ2n) is 5.29. The molecule has 0 saturated carbocycles. The van der Waals surface area contributed by atoms with Gasteiger partial charge in [-0.3, -0.25) is 0 Å². The van der Waals surface area contributed by atoms with Gasteiger partial charge < -0.3 is 9.88 Å². The molecule has 1 unspecified atom stereocenters. The van der Waals surface area contributed by atoms with E-state index in [-0.39, 0.29) is 0 Å². The number of aryl methyl sites for hydroxylation is 1. The molecule has 3 rings (SSSR count). The Bertz CT molecular complexity index is 515. The van der Waals surface area contributed by atoms with Crippen LogP contribution in [0.2, 0.25) is 0 Å². The number of thiazole rings is 1. The Balaban J connectivity index is 1.77. The molecule has 0 fully saturated rings. The van der Waals surface area contributed by atoms with E-state index < -0.39 is 0 Å². The zero-order chi connectivity index (χ0) is 13.1. The third-order valence-electron chi connectivity index (χ3n) is 3.78. The summed E-state index contributed by atoms with van der Waals surface area (Å²) in [5, 5.41) is 5.80. The average molecular weight is 275 g/mol. The van der Waals surface area contributed by atoms with Crippen molar-refractivity contribution in [3.05, 3.63) is 40.1 Å². The Morgan fingerprint density at radius 2 is 2.42 bits per heavy atom. The summed E-state index contributed by atoms with van der Waals surface area (Å²) in [5.41, 5.74) is 6.10. The number of aromatic nitrogens is 2. The maximum Gasteiger partial charge on any atom is 0.0795 e. The van der Waals surface area contributed by atoms with E-state index in [2.05, 4.69) is 39.6 Å². The maximum absolute atomic E-state index is 4.37. The van der Waals surface area contributed by atoms with Crippen LogP contribution in [0.4, 0.5) is 0 Å². The van der Waals surface area contributed by atoms with E-state index in [0.717, 1.165) is 18.8 Å². The van der Waals surface area contributed by atoms with Gasteiger partial charge in [0.15, 0.2) is 0 Å². The number of nitrogens with one attached hydrogen (secondary N) is 1. The highest BCUT2D eigenvalue weighted by molar-refractivity contribution is 7.07. The minimum Gasteiger partial charge on any atom is -0.348 e. The zero-order valence-electron chi connectivity index (χ0n) is 11.4. The van der Waals surface area contributed by atoms with Gasteiger partial charge in [0.25, 0.3) is 0 Å². The molecule has 0 amide bonds. The summed E-state index contributed by atoms with van der Waals surface area (Å²) in [6.07, 6.45) is 9.63. The molecule has 19 heavy (non-hydrogen) atoms. The van der Waals surface area contributed by atoms with E-state index in [9.17, 15) is 0 Å². The Kier molecular flexibility index (Phi) is 3.99. The van der Waals surface area contributed by atoms with Gasteiger partial charge in [-0.2, -0.15) is 0 Å². The fourth-order valence-corrected chi connectivity index (χ4v) is 3.42. The molecule has 0 bridgehead atoms. The highest BCUT2D eigenvalue weighted by Crippen LogP contribution is 2.30. The molecule has 2 heterocycles. The lowest BCUT2D eigenvalue weighted by Gasteiger charge is -2.23. The van der Waals surface area contributed by atoms with Gasteiger partial charge in [-0.05, 0) is 43.4 Å². The standard InChI is InChI=1S/C15H21N3S/c1-2-6-16-15-5-3-4-12-7-18(9-14(12)15)8-13-10-19-11-17-13/h7,9-11,15-16H,2-6,8H2,1H3. The van der Waals surface area contributed by atoms with Crippen LogP contribution < -0.4 is 5.32 Å². The van der Waals surface area contributed by atoms with E-state index in [4.69, 9.17) is 0 Å². The summed E-state index contributed by atoms with van der Waals surface area (Å²) in [7, 11) is 0. The topological polar surface area (TPSA) is 29.9 Å². The van der Waals surface area contributed by atoms with Gasteiger partial charge >= 0.3 is 0 Å². The minimum absolute atomic E-state index is 0.556. The van der Waals surface area contributed by atoms with Crippen LogP contribution in [-0.2, 0) is 13.0 Å². The van der Waals surface area contributed by atoms with Gasteiger partial charge in [0.05, 0.1) is 17.7 Å². The van der Waals surface area contributed by atoms with Crippen molar-refractivity contribution in [2.75, 3.05) is 6.54 Å². The van der Waals surface area contributed by atoms with E-state index >= 15 is 0 Å². The molecule has 0 saturated heterocycles. The molecule has 2 aromatic heterocycles. The van der Waals surface area contributed by atoms with E-state index in [1.54, 1.807) is 11.3 Å². The molecular weight excluding hydrogens is 254 g/mol. The van der Waals surface area contributed by atoms with Gasteiger partial charge in [-0.25, -0.2) is 4.98 Å². The first-order valence-electron chi connectivity index (χ1n) is 7.16. The molecule has 1 atom stereocenters. The van der Waals surface area contributed by atoms with Crippen LogP contribution in [0.1, 0.15) is 49.0 Å². The highest BCUT2D eigenvalue weighted by Gasteiger charge is 2.21. The average Bonchev–Trinajstić information content (AvgIpc) is 3.05. The minimum atomic E-state index is 0.556. The molecule has 2 aromatic rings. The van der Waals surface area contributed by atoms with Gasteiger partial charge in [-0.15, -0.1) is 11.3 Å². The fraction of sp³-hybridized carbons (Fsp3) is 0.533. The second kappa shape index (κ2) is 5.88. The molecule has 1 N–H and O–H groups in total. The third kappa shape index (κ3) is 2.90. The summed E-state index contributed by atoms with van der Waals surface area (Å²) >= 11 is 1.67. The summed E-state index contributed by atoms with van der Waals surface area (Å²) in [5.74, 6) is 0. The molecule has 1 aliphatic carbocycles. The number of nitrogens with zero attached hydrogens (tertiary/aromatic N) is 2. The predicted octanol–water partition coefficient (Wildman–Crippen LogP) is 3.37. The number of rotatable bonds is 5. The molecule has 1 aliphatic rings. The highest BCUT2D eigenvalue weighted by atomic mass is 32.1. The van der Waals surface area contributed by atoms with Crippen LogP contribution >= 0.6 is 11.3 Å². The molecule has 3 nitrogen and oxygen atoms in total. The van der Waals surface area contributed by atoms with Crippen molar-refractivity contribution in [2.45, 2.75) is 45.2 Å². The number of hydrogen-bond acceptors (Lipinski definition) is 3. The first-order valence-corrected chi connectivity index (χ1v) is 8.10. The normalized spacial score (nSPS) is 18.5. The monoisotopic (exact) mass is 275 g/mol. The van der Waals surface area contributed by atoms with Crippen LogP contribution in [0.15, 0.2) is 23.3 Å². The van der Waals surface area contributed by atoms with E-state index in [0.29, 0.717) is 6.04 Å². The number of fused-ring (bicyclic) bond motifs is 1. The summed E-state index contributed by atoms with van der Waals surface area (Å²) < 4.78 is 2.30. The molecule has 0 radical (unpaired) electrons. The van der Waals surface area contributed by atoms with Crippen molar-refractivity contribution in [3.8, 4) is 0 Å². The Morgan fingerprint density at radius 3 is 3.21 bits per heavy atom. The second-order valence-corrected chi connectivity index (χ2v) is 6.01. The first-order chi connectivity index (χ1) is 9.36. The van der Waals surface area contributed by atoms with Crippen molar-refractivity contribution in [3.63, 3.8) is 0 Å². The molecular formula is C15H21N3S. The summed E-state index contributed by atoms with van der Waals surface area (Å²) in [4.78, 5) is 4.37. The van der Waals surface area contributed by atoms with Crippen LogP contribution in [0.3, 0.4) is 0 Å². The lowest BCUT2D eigenvalue weighted by atomic mass is 9.91. The lowest BCUT2D eigenvalue weighted by Crippen LogP contribution is -2.24. The van der Waals surface area contributed by atoms with Crippen LogP contribution in [0.25, 0.3) is 0 Å². The molecule has 0 aromatic carbocycles. The van der Waals surface area contributed by atoms with Gasteiger partial charge in [0, 0.05) is 23.8 Å². The zero-order valence-corrected chi connectivity index (χ0v) is 12.2. The molecule has 4 heteroatoms. The molecule has 0 spiro atoms. The van der Waals surface area contributed by atoms with Crippen molar-refractivity contribution in [1.82, 2.24) is 14.9 Å². The van der Waals surface area contributed by atoms with Crippen LogP contribution in [-0.4, -0.2) is 16.1 Å². The Labute approximate surface area is 118 Å². The largest absolute Gasteiger partial charge is 0.348 e. The lowest BCUT2D eigenvalue weighted by molar-refractivity contribution is 0.462. The van der Waals surface area contributed by atoms with E-state index in [1.165, 1.54) is 36.8 Å². The Hall–Kier alpha value is -1.13. The molecule has 102 valence electrons. The van der Waals surface area contributed by atoms with Gasteiger partial charge in [0.2, 0.25) is 0 Å². The van der Waals surface area contributed by atoms with Crippen molar-refractivity contribution >= 4 is 11.3 Å². The smallest absolute Gasteiger partial charge is 0.0795 e. The Morgan fingerprint density at radius 1 is 1.47 bits per heavy atom. The van der Waals surface area contributed by atoms with Crippen molar-refractivity contribution < 1.29 is 0 Å². The first kappa shape index (κ1) is 12.9. The van der Waals surface area contributed by atoms with Crippen molar-refractivity contribution in [2.24, 2.45) is 0 Å². The summed E-state index contributed by atoms with van der Waals surface area (Å²) in [6, 6.07) is 0.556. The third-order valence-corrected chi connectivity index (χ3v) is 4.42. The molecule has 0 aliphatic heterocycles. The van der Waals surface area contributed by atoms with Gasteiger partial charge in [-0.1, -0.05) is 6.92 Å². The maximum atomic E-state index is 4.37. The quantitative estimate of drug-likeness (QED) is 0.906. The van der Waals surface area contributed by atoms with Gasteiger partial charge in [0.1, 0.15) is 0 Å². The fourth-order valence-electron chi connectivity index (χ4n) is 2.87. The van der Waals surface area contributed by atoms with Crippen LogP contribution in [0.5, 0.6) is 0 Å². The summed E-state index contributed by atoms with van der Waals surface area (Å²) in [6.45, 7) is 4.24.